The molecule has 3 fully saturated rings. The van der Waals surface area contributed by atoms with Crippen LogP contribution in [0.2, 0.25) is 0 Å². The number of hydrogen-bond donors (Lipinski definition) is 1. The van der Waals surface area contributed by atoms with Gasteiger partial charge in [-0.2, -0.15) is 0 Å². The van der Waals surface area contributed by atoms with E-state index in [1.54, 1.807) is 72.8 Å². The average Bonchev–Trinajstić information content (AvgIpc) is 0.763. The van der Waals surface area contributed by atoms with E-state index >= 15 is 0 Å². The van der Waals surface area contributed by atoms with Crippen LogP contribution in [0.25, 0.3) is 0 Å². The maximum Gasteiger partial charge on any atom is 0.338 e. The molecule has 3 aliphatic heterocycles. The molecule has 3 saturated heterocycles. The first-order chi connectivity index (χ1) is 53.1. The first-order valence-corrected chi connectivity index (χ1v) is 35.1. The Balaban J connectivity index is 1.05. The summed E-state index contributed by atoms with van der Waals surface area (Å²) < 4.78 is 98.1. The molecule has 8 aromatic rings. The van der Waals surface area contributed by atoms with Crippen molar-refractivity contribution in [2.75, 3.05) is 19.8 Å². The molecule has 0 radical (unpaired) electrons. The maximum absolute atomic E-state index is 14.8. The van der Waals surface area contributed by atoms with Crippen LogP contribution in [-0.4, -0.2) is 181 Å². The van der Waals surface area contributed by atoms with Gasteiger partial charge in [0.1, 0.15) is 37.6 Å². The molecule has 1 N–H and O–H groups in total. The van der Waals surface area contributed by atoms with Crippen molar-refractivity contribution in [2.45, 2.75) is 110 Å². The summed E-state index contributed by atoms with van der Waals surface area (Å²) in [7, 11) is 0. The third-order valence-corrected chi connectivity index (χ3v) is 17.4. The lowest BCUT2D eigenvalue weighted by Crippen LogP contribution is -2.68. The Morgan fingerprint density at radius 3 is 0.836 bits per heavy atom. The Bertz CT molecular complexity index is 4500. The van der Waals surface area contributed by atoms with Gasteiger partial charge < -0.3 is 75.8 Å². The Morgan fingerprint density at radius 1 is 0.291 bits per heavy atom. The van der Waals surface area contributed by atoms with Crippen molar-refractivity contribution in [3.8, 4) is 0 Å². The fourth-order valence-corrected chi connectivity index (χ4v) is 11.9. The van der Waals surface area contributed by atoms with Crippen LogP contribution in [0, 0.1) is 5.41 Å². The van der Waals surface area contributed by atoms with E-state index in [0.717, 1.165) is 13.8 Å². The second-order valence-electron chi connectivity index (χ2n) is 24.5. The predicted octanol–water partition coefficient (Wildman–Crippen LogP) is 10.9. The van der Waals surface area contributed by atoms with Crippen LogP contribution >= 0.6 is 34.8 Å². The van der Waals surface area contributed by atoms with Crippen molar-refractivity contribution in [3.05, 3.63) is 287 Å². The first kappa shape index (κ1) is 79.6. The van der Waals surface area contributed by atoms with Crippen LogP contribution in [-0.2, 0) is 85.4 Å². The largest absolute Gasteiger partial charge is 0.459 e. The number of alkyl halides is 3. The SMILES string of the molecule is CC(=O)O[C@H]1[C@@H](OC(=N)C(Cl)(Cl)Cl)O[C@H](CO[C@@H]2O[C@H](COC(=O)c3ccccc3)[C@H](OC(=O)c3ccccc3)[C@H](OC(=O)c3ccccc3)[C@H]2OC(=O)c2ccccc2)[C@@H](OC(C)=O)[C@@H]1O[C@@H]1O[C@H](COC(=O)c2ccccc2)[C@H](OC(=O)c2ccccc2)[C@H](OC(=O)c2ccccc2)[C@H]1OC(=O)c1ccccc1. The average molecular weight is 1570 g/mol. The molecule has 27 nitrogen and oxygen atoms in total. The summed E-state index contributed by atoms with van der Waals surface area (Å²) in [4.78, 5) is 143. The number of carbonyl (C=O) groups excluding carboxylic acids is 10. The number of ether oxygens (including phenoxy) is 16. The predicted molar refractivity (Wildman–Crippen MR) is 384 cm³/mol. The Hall–Kier alpha value is -11.4. The zero-order chi connectivity index (χ0) is 77.8. The molecule has 0 spiro atoms. The monoisotopic (exact) mass is 1560 g/mol. The van der Waals surface area contributed by atoms with Crippen LogP contribution in [0.5, 0.6) is 0 Å². The lowest BCUT2D eigenvalue weighted by Gasteiger charge is -2.49. The van der Waals surface area contributed by atoms with Crippen molar-refractivity contribution < 1.29 is 124 Å². The van der Waals surface area contributed by atoms with Crippen molar-refractivity contribution in [3.63, 3.8) is 0 Å². The fraction of sp³-hybridized carbons (Fsp3) is 0.263. The topological polar surface area (TPSA) is 342 Å². The summed E-state index contributed by atoms with van der Waals surface area (Å²) >= 11 is 18.8. The highest BCUT2D eigenvalue weighted by molar-refractivity contribution is 6.76. The van der Waals surface area contributed by atoms with E-state index in [0.29, 0.717) is 0 Å². The van der Waals surface area contributed by atoms with E-state index in [-0.39, 0.29) is 44.5 Å². The normalized spacial score (nSPS) is 23.5. The fourth-order valence-electron chi connectivity index (χ4n) is 11.7. The highest BCUT2D eigenvalue weighted by atomic mass is 35.6. The quantitative estimate of drug-likeness (QED) is 0.0173. The van der Waals surface area contributed by atoms with Crippen LogP contribution in [0.3, 0.4) is 0 Å². The Labute approximate surface area is 643 Å². The molecule has 30 heteroatoms. The lowest BCUT2D eigenvalue weighted by molar-refractivity contribution is -0.359. The smallest absolute Gasteiger partial charge is 0.338 e. The van der Waals surface area contributed by atoms with Gasteiger partial charge in [0.15, 0.2) is 61.4 Å². The van der Waals surface area contributed by atoms with Gasteiger partial charge in [0.05, 0.1) is 51.1 Å². The number of nitrogens with one attached hydrogen (secondary N) is 1. The molecule has 0 aliphatic carbocycles. The molecule has 0 unspecified atom stereocenters. The van der Waals surface area contributed by atoms with Crippen LogP contribution in [0.1, 0.15) is 96.7 Å². The molecule has 0 saturated carbocycles. The molecule has 3 aliphatic rings. The summed E-state index contributed by atoms with van der Waals surface area (Å²) in [6.07, 6.45) is -31.2. The van der Waals surface area contributed by atoms with Gasteiger partial charge >= 0.3 is 59.7 Å². The minimum Gasteiger partial charge on any atom is -0.459 e. The molecular formula is C80H68Cl3NO26. The molecule has 15 atom stereocenters. The van der Waals surface area contributed by atoms with Crippen molar-refractivity contribution in [1.82, 2.24) is 0 Å². The van der Waals surface area contributed by atoms with E-state index in [4.69, 9.17) is 116 Å². The number of halogens is 3. The summed E-state index contributed by atoms with van der Waals surface area (Å²) in [5.41, 5.74) is -0.356. The van der Waals surface area contributed by atoms with Gasteiger partial charge in [0.2, 0.25) is 12.2 Å². The van der Waals surface area contributed by atoms with Crippen molar-refractivity contribution in [2.24, 2.45) is 0 Å². The summed E-state index contributed by atoms with van der Waals surface area (Å²) in [6, 6.07) is 59.8. The molecule has 0 bridgehead atoms. The van der Waals surface area contributed by atoms with Crippen LogP contribution in [0.15, 0.2) is 243 Å². The molecule has 0 amide bonds. The molecule has 110 heavy (non-hydrogen) atoms. The number of hydrogen-bond acceptors (Lipinski definition) is 27. The zero-order valence-corrected chi connectivity index (χ0v) is 60.4. The number of benzene rings is 8. The van der Waals surface area contributed by atoms with Gasteiger partial charge in [0.25, 0.3) is 3.79 Å². The molecule has 8 aromatic carbocycles. The molecule has 570 valence electrons. The third-order valence-electron chi connectivity index (χ3n) is 16.9. The second kappa shape index (κ2) is 37.6. The summed E-state index contributed by atoms with van der Waals surface area (Å²) in [6.45, 7) is -0.932. The van der Waals surface area contributed by atoms with Gasteiger partial charge in [-0.05, 0) is 97.1 Å². The number of esters is 10. The minimum absolute atomic E-state index is 0.0254. The van der Waals surface area contributed by atoms with Gasteiger partial charge in [-0.1, -0.05) is 180 Å². The van der Waals surface area contributed by atoms with E-state index in [1.807, 2.05) is 0 Å². The van der Waals surface area contributed by atoms with Gasteiger partial charge in [-0.15, -0.1) is 0 Å². The highest BCUT2D eigenvalue weighted by Gasteiger charge is 2.60. The lowest BCUT2D eigenvalue weighted by atomic mass is 9.95. The standard InChI is InChI=1S/C80H68Cl3NO26/c1-46(85)98-59-58(45-97-76-65(107-74(93)54-39-23-9-24-40-54)62(105-72(91)52-35-19-7-20-36-52)60(103-70(89)50-31-15-5-16-32-50)56(100-76)43-95-68(87)48-27-11-3-12-28-48)102-78(110-79(84)80(81,82)83)66(99-47(2)86)64(59)109-77-67(108-75(94)55-41-25-10-26-42-55)63(106-73(92)53-37-21-8-22-38-53)61(104-71(90)51-33-17-6-18-34-51)57(101-77)44-96-69(88)49-29-13-4-14-30-49/h3-42,56-67,76-78,84H,43-45H2,1-2H3/t56-,57-,58-,59-,60+,61+,62+,63+,64+,65-,66-,67-,76-,77+,78-/m1/s1. The van der Waals surface area contributed by atoms with E-state index in [2.05, 4.69) is 0 Å². The van der Waals surface area contributed by atoms with Crippen LogP contribution < -0.4 is 0 Å². The molecule has 0 aromatic heterocycles. The molecule has 3 heterocycles. The van der Waals surface area contributed by atoms with Gasteiger partial charge in [-0.25, -0.2) is 38.4 Å². The van der Waals surface area contributed by atoms with E-state index in [1.165, 1.54) is 170 Å². The summed E-state index contributed by atoms with van der Waals surface area (Å²) in [5.74, 6) is -11.9. The maximum atomic E-state index is 14.8. The summed E-state index contributed by atoms with van der Waals surface area (Å²) in [5, 5.41) is 8.90. The second-order valence-corrected chi connectivity index (χ2v) is 26.8. The molecular weight excluding hydrogens is 1500 g/mol. The number of rotatable bonds is 26. The minimum atomic E-state index is -2.74. The Kier molecular flexibility index (Phi) is 27.2. The third kappa shape index (κ3) is 20.9. The van der Waals surface area contributed by atoms with Crippen molar-refractivity contribution >= 4 is 100 Å². The zero-order valence-electron chi connectivity index (χ0n) is 58.1. The number of carbonyl (C=O) groups is 10. The Morgan fingerprint density at radius 2 is 0.527 bits per heavy atom. The van der Waals surface area contributed by atoms with Gasteiger partial charge in [-0.3, -0.25) is 15.0 Å². The van der Waals surface area contributed by atoms with Crippen molar-refractivity contribution in [1.29, 1.82) is 5.41 Å². The van der Waals surface area contributed by atoms with Crippen LogP contribution in [0.4, 0.5) is 0 Å². The highest BCUT2D eigenvalue weighted by Crippen LogP contribution is 2.40. The first-order valence-electron chi connectivity index (χ1n) is 34.0. The van der Waals surface area contributed by atoms with E-state index < -0.39 is 181 Å². The van der Waals surface area contributed by atoms with Gasteiger partial charge in [0, 0.05) is 13.8 Å². The van der Waals surface area contributed by atoms with E-state index in [9.17, 15) is 47.9 Å². The molecule has 11 rings (SSSR count).